The Kier molecular flexibility index (Phi) is 4.80. The lowest BCUT2D eigenvalue weighted by Crippen LogP contribution is -2.15. The van der Waals surface area contributed by atoms with Crippen LogP contribution in [0.1, 0.15) is 26.3 Å². The van der Waals surface area contributed by atoms with Crippen molar-refractivity contribution in [2.24, 2.45) is 0 Å². The highest BCUT2D eigenvalue weighted by molar-refractivity contribution is 9.10. The number of halogens is 2. The average molecular weight is 413 g/mol. The van der Waals surface area contributed by atoms with Crippen LogP contribution in [0.5, 0.6) is 0 Å². The van der Waals surface area contributed by atoms with Crippen molar-refractivity contribution in [2.45, 2.75) is 6.92 Å². The molecular weight excluding hydrogens is 402 g/mol. The summed E-state index contributed by atoms with van der Waals surface area (Å²) in [5, 5.41) is 11.8. The SMILES string of the molecule is Cc1cc(Br)cc(C(=O)Nc2cc(Br)ccc2C(=O)O)c1. The molecule has 0 fully saturated rings. The van der Waals surface area contributed by atoms with Gasteiger partial charge in [0.25, 0.3) is 5.91 Å². The highest BCUT2D eigenvalue weighted by atomic mass is 79.9. The topological polar surface area (TPSA) is 66.4 Å². The third-order valence-electron chi connectivity index (χ3n) is 2.76. The van der Waals surface area contributed by atoms with E-state index in [0.717, 1.165) is 10.0 Å². The fourth-order valence-corrected chi connectivity index (χ4v) is 2.84. The van der Waals surface area contributed by atoms with Crippen molar-refractivity contribution in [3.8, 4) is 0 Å². The zero-order valence-electron chi connectivity index (χ0n) is 11.0. The highest BCUT2D eigenvalue weighted by Gasteiger charge is 2.14. The van der Waals surface area contributed by atoms with Crippen molar-refractivity contribution in [1.29, 1.82) is 0 Å². The Morgan fingerprint density at radius 1 is 1.05 bits per heavy atom. The van der Waals surface area contributed by atoms with E-state index >= 15 is 0 Å². The molecule has 0 saturated carbocycles. The molecule has 0 aromatic heterocycles. The normalized spacial score (nSPS) is 10.2. The molecule has 6 heteroatoms. The molecule has 1 amide bonds. The van der Waals surface area contributed by atoms with Gasteiger partial charge in [0, 0.05) is 14.5 Å². The van der Waals surface area contributed by atoms with Gasteiger partial charge in [0.1, 0.15) is 0 Å². The molecule has 0 aliphatic carbocycles. The lowest BCUT2D eigenvalue weighted by Gasteiger charge is -2.10. The van der Waals surface area contributed by atoms with Crippen molar-refractivity contribution in [2.75, 3.05) is 5.32 Å². The third kappa shape index (κ3) is 3.92. The number of amides is 1. The maximum absolute atomic E-state index is 12.3. The molecule has 21 heavy (non-hydrogen) atoms. The predicted molar refractivity (Wildman–Crippen MR) is 87.9 cm³/mol. The van der Waals surface area contributed by atoms with Crippen molar-refractivity contribution in [3.05, 3.63) is 62.0 Å². The molecule has 108 valence electrons. The van der Waals surface area contributed by atoms with Crippen molar-refractivity contribution < 1.29 is 14.7 Å². The van der Waals surface area contributed by atoms with Gasteiger partial charge in [-0.3, -0.25) is 4.79 Å². The van der Waals surface area contributed by atoms with Crippen LogP contribution < -0.4 is 5.32 Å². The third-order valence-corrected chi connectivity index (χ3v) is 3.72. The smallest absolute Gasteiger partial charge is 0.337 e. The maximum Gasteiger partial charge on any atom is 0.337 e. The zero-order chi connectivity index (χ0) is 15.6. The molecule has 0 unspecified atom stereocenters. The number of aryl methyl sites for hydroxylation is 1. The fourth-order valence-electron chi connectivity index (χ4n) is 1.87. The van der Waals surface area contributed by atoms with E-state index in [-0.39, 0.29) is 17.2 Å². The second-order valence-electron chi connectivity index (χ2n) is 4.47. The summed E-state index contributed by atoms with van der Waals surface area (Å²) in [4.78, 5) is 23.4. The van der Waals surface area contributed by atoms with Crippen molar-refractivity contribution in [3.63, 3.8) is 0 Å². The van der Waals surface area contributed by atoms with Crippen LogP contribution in [0.2, 0.25) is 0 Å². The number of rotatable bonds is 3. The van der Waals surface area contributed by atoms with Gasteiger partial charge in [0.05, 0.1) is 11.3 Å². The van der Waals surface area contributed by atoms with E-state index in [1.807, 2.05) is 13.0 Å². The molecule has 2 aromatic rings. The first-order chi connectivity index (χ1) is 9.86. The first-order valence-electron chi connectivity index (χ1n) is 5.98. The van der Waals surface area contributed by atoms with Crippen LogP contribution in [0.3, 0.4) is 0 Å². The minimum atomic E-state index is -1.09. The molecule has 2 N–H and O–H groups in total. The Hall–Kier alpha value is -1.66. The van der Waals surface area contributed by atoms with Crippen molar-refractivity contribution >= 4 is 49.4 Å². The monoisotopic (exact) mass is 411 g/mol. The number of hydrogen-bond donors (Lipinski definition) is 2. The summed E-state index contributed by atoms with van der Waals surface area (Å²) in [6, 6.07) is 9.92. The molecule has 0 heterocycles. The molecule has 0 spiro atoms. The minimum absolute atomic E-state index is 0.0401. The number of anilines is 1. The number of hydrogen-bond acceptors (Lipinski definition) is 2. The van der Waals surface area contributed by atoms with E-state index in [4.69, 9.17) is 5.11 Å². The molecule has 4 nitrogen and oxygen atoms in total. The summed E-state index contributed by atoms with van der Waals surface area (Å²) >= 11 is 6.60. The fraction of sp³-hybridized carbons (Fsp3) is 0.0667. The quantitative estimate of drug-likeness (QED) is 0.781. The van der Waals surface area contributed by atoms with Crippen LogP contribution in [0.4, 0.5) is 5.69 Å². The van der Waals surface area contributed by atoms with Gasteiger partial charge in [-0.25, -0.2) is 4.79 Å². The van der Waals surface area contributed by atoms with Gasteiger partial charge in [0.15, 0.2) is 0 Å². The minimum Gasteiger partial charge on any atom is -0.478 e. The van der Waals surface area contributed by atoms with Crippen LogP contribution in [0, 0.1) is 6.92 Å². The predicted octanol–water partition coefficient (Wildman–Crippen LogP) is 4.47. The molecule has 0 saturated heterocycles. The number of nitrogens with one attached hydrogen (secondary N) is 1. The Balaban J connectivity index is 2.35. The molecule has 0 aliphatic rings. The molecule has 0 aliphatic heterocycles. The van der Waals surface area contributed by atoms with Gasteiger partial charge in [-0.05, 0) is 48.9 Å². The van der Waals surface area contributed by atoms with Gasteiger partial charge < -0.3 is 10.4 Å². The van der Waals surface area contributed by atoms with Crippen LogP contribution in [-0.4, -0.2) is 17.0 Å². The second-order valence-corrected chi connectivity index (χ2v) is 6.30. The lowest BCUT2D eigenvalue weighted by atomic mass is 10.1. The summed E-state index contributed by atoms with van der Waals surface area (Å²) in [5.74, 6) is -1.46. The van der Waals surface area contributed by atoms with Crippen LogP contribution in [-0.2, 0) is 0 Å². The standard InChI is InChI=1S/C15H11Br2NO3/c1-8-4-9(6-11(17)5-8)14(19)18-13-7-10(16)2-3-12(13)15(20)21/h2-7H,1H3,(H,18,19)(H,20,21). The number of benzene rings is 2. The van der Waals surface area contributed by atoms with E-state index < -0.39 is 5.97 Å². The van der Waals surface area contributed by atoms with Crippen molar-refractivity contribution in [1.82, 2.24) is 0 Å². The van der Waals surface area contributed by atoms with Gasteiger partial charge in [-0.2, -0.15) is 0 Å². The molecule has 0 atom stereocenters. The molecule has 0 bridgehead atoms. The Labute approximate surface area is 138 Å². The van der Waals surface area contributed by atoms with Gasteiger partial charge in [0.2, 0.25) is 0 Å². The second kappa shape index (κ2) is 6.41. The Bertz CT molecular complexity index is 709. The highest BCUT2D eigenvalue weighted by Crippen LogP contribution is 2.23. The Morgan fingerprint density at radius 3 is 2.38 bits per heavy atom. The Morgan fingerprint density at radius 2 is 1.76 bits per heavy atom. The maximum atomic E-state index is 12.3. The largest absolute Gasteiger partial charge is 0.478 e. The summed E-state index contributed by atoms with van der Waals surface area (Å²) in [6.45, 7) is 1.88. The number of carboxylic acids is 1. The first kappa shape index (κ1) is 15.7. The molecule has 0 radical (unpaired) electrons. The summed E-state index contributed by atoms with van der Waals surface area (Å²) in [6.07, 6.45) is 0. The van der Waals surface area contributed by atoms with Crippen LogP contribution >= 0.6 is 31.9 Å². The van der Waals surface area contributed by atoms with Gasteiger partial charge >= 0.3 is 5.97 Å². The molecule has 2 rings (SSSR count). The van der Waals surface area contributed by atoms with E-state index in [2.05, 4.69) is 37.2 Å². The van der Waals surface area contributed by atoms with E-state index in [0.29, 0.717) is 10.0 Å². The van der Waals surface area contributed by atoms with Gasteiger partial charge in [-0.1, -0.05) is 31.9 Å². The summed E-state index contributed by atoms with van der Waals surface area (Å²) < 4.78 is 1.48. The number of carbonyl (C=O) groups is 2. The van der Waals surface area contributed by atoms with Gasteiger partial charge in [-0.15, -0.1) is 0 Å². The zero-order valence-corrected chi connectivity index (χ0v) is 14.2. The lowest BCUT2D eigenvalue weighted by molar-refractivity contribution is 0.0698. The van der Waals surface area contributed by atoms with E-state index in [1.54, 1.807) is 24.3 Å². The van der Waals surface area contributed by atoms with Crippen LogP contribution in [0.15, 0.2) is 45.3 Å². The average Bonchev–Trinajstić information content (AvgIpc) is 2.37. The summed E-state index contributed by atoms with van der Waals surface area (Å²) in [7, 11) is 0. The molecule has 2 aromatic carbocycles. The number of aromatic carboxylic acids is 1. The van der Waals surface area contributed by atoms with Crippen LogP contribution in [0.25, 0.3) is 0 Å². The summed E-state index contributed by atoms with van der Waals surface area (Å²) in [5.41, 5.74) is 1.68. The number of carboxylic acid groups (broad SMARTS) is 1. The number of carbonyl (C=O) groups excluding carboxylic acids is 1. The van der Waals surface area contributed by atoms with E-state index in [9.17, 15) is 9.59 Å². The van der Waals surface area contributed by atoms with E-state index in [1.165, 1.54) is 6.07 Å². The first-order valence-corrected chi connectivity index (χ1v) is 7.57. The molecular formula is C15H11Br2NO3.